The SMILES string of the molecule is CCOC(=O)C1=C(COCC[As])NC2=C(C(=O)CC(C)(C)C2)C1c1cccc(C#N)c1. The van der Waals surface area contributed by atoms with Gasteiger partial charge in [-0.1, -0.05) is 0 Å². The van der Waals surface area contributed by atoms with Crippen molar-refractivity contribution in [2.45, 2.75) is 44.7 Å². The van der Waals surface area contributed by atoms with Crippen LogP contribution in [0.3, 0.4) is 0 Å². The van der Waals surface area contributed by atoms with Crippen molar-refractivity contribution in [1.29, 1.82) is 5.26 Å². The summed E-state index contributed by atoms with van der Waals surface area (Å²) >= 11 is 2.46. The molecule has 162 valence electrons. The molecule has 6 nitrogen and oxygen atoms in total. The van der Waals surface area contributed by atoms with Crippen molar-refractivity contribution >= 4 is 28.6 Å². The van der Waals surface area contributed by atoms with E-state index >= 15 is 0 Å². The van der Waals surface area contributed by atoms with Crippen LogP contribution in [0.4, 0.5) is 0 Å². The quantitative estimate of drug-likeness (QED) is 0.365. The number of nitriles is 1. The van der Waals surface area contributed by atoms with Crippen LogP contribution in [0.5, 0.6) is 0 Å². The van der Waals surface area contributed by atoms with Gasteiger partial charge >= 0.3 is 192 Å². The van der Waals surface area contributed by atoms with E-state index in [1.807, 2.05) is 6.07 Å². The van der Waals surface area contributed by atoms with Crippen molar-refractivity contribution in [2.75, 3.05) is 19.8 Å². The Hall–Kier alpha value is -2.35. The van der Waals surface area contributed by atoms with Crippen LogP contribution in [0, 0.1) is 16.7 Å². The number of nitrogens with one attached hydrogen (secondary N) is 1. The number of allylic oxidation sites excluding steroid dienone is 2. The minimum absolute atomic E-state index is 0.0127. The summed E-state index contributed by atoms with van der Waals surface area (Å²) < 4.78 is 11.2. The van der Waals surface area contributed by atoms with E-state index in [1.165, 1.54) is 0 Å². The van der Waals surface area contributed by atoms with Crippen LogP contribution in [-0.2, 0) is 19.1 Å². The Morgan fingerprint density at radius 3 is 2.81 bits per heavy atom. The van der Waals surface area contributed by atoms with Crippen molar-refractivity contribution in [3.8, 4) is 6.07 Å². The number of ether oxygens (including phenoxy) is 2. The number of rotatable bonds is 7. The summed E-state index contributed by atoms with van der Waals surface area (Å²) in [6.45, 7) is 6.86. The predicted molar refractivity (Wildman–Crippen MR) is 117 cm³/mol. The van der Waals surface area contributed by atoms with Crippen molar-refractivity contribution < 1.29 is 19.1 Å². The summed E-state index contributed by atoms with van der Waals surface area (Å²) in [6.07, 6.45) is 1.09. The molecule has 0 amide bonds. The number of carbonyl (C=O) groups is 2. The Balaban J connectivity index is 2.20. The van der Waals surface area contributed by atoms with Crippen LogP contribution < -0.4 is 5.32 Å². The number of nitrogens with zero attached hydrogens (tertiary/aromatic N) is 1. The van der Waals surface area contributed by atoms with Crippen molar-refractivity contribution in [1.82, 2.24) is 5.32 Å². The zero-order valence-electron chi connectivity index (χ0n) is 18.2. The maximum atomic E-state index is 13.3. The van der Waals surface area contributed by atoms with Gasteiger partial charge in [0.15, 0.2) is 0 Å². The second-order valence-corrected chi connectivity index (χ2v) is 9.46. The van der Waals surface area contributed by atoms with E-state index in [-0.39, 0.29) is 24.4 Å². The van der Waals surface area contributed by atoms with Crippen LogP contribution in [0.2, 0.25) is 5.21 Å². The van der Waals surface area contributed by atoms with E-state index in [0.29, 0.717) is 41.9 Å². The molecule has 1 aromatic rings. The zero-order valence-corrected chi connectivity index (χ0v) is 20.0. The third-order valence-corrected chi connectivity index (χ3v) is 5.83. The molecule has 1 N–H and O–H groups in total. The van der Waals surface area contributed by atoms with Crippen LogP contribution in [0.15, 0.2) is 46.8 Å². The fraction of sp³-hybridized carbons (Fsp3) is 0.458. The van der Waals surface area contributed by atoms with Gasteiger partial charge in [0.1, 0.15) is 0 Å². The Labute approximate surface area is 192 Å². The Bertz CT molecular complexity index is 988. The molecule has 0 aromatic heterocycles. The average molecular weight is 482 g/mol. The monoisotopic (exact) mass is 482 g/mol. The van der Waals surface area contributed by atoms with E-state index in [0.717, 1.165) is 16.5 Å². The molecule has 7 heteroatoms. The van der Waals surface area contributed by atoms with Gasteiger partial charge in [0, 0.05) is 0 Å². The number of hydrogen-bond donors (Lipinski definition) is 1. The molecule has 3 rings (SSSR count). The standard InChI is InChI=1S/C24H27AsN2O4/c1-4-31-23(29)22-18(14-30-9-8-25)27-17-11-24(2,3)12-19(28)21(17)20(22)16-7-5-6-15(10-16)13-26/h5-7,10,20,27H,4,8-9,11-12,14H2,1-3H3. The Morgan fingerprint density at radius 1 is 1.35 bits per heavy atom. The second-order valence-electron chi connectivity index (χ2n) is 8.52. The fourth-order valence-corrected chi connectivity index (χ4v) is 4.54. The molecule has 0 spiro atoms. The van der Waals surface area contributed by atoms with Gasteiger partial charge in [0.05, 0.1) is 0 Å². The molecule has 0 fully saturated rings. The van der Waals surface area contributed by atoms with Crippen LogP contribution in [0.25, 0.3) is 0 Å². The third kappa shape index (κ3) is 5.11. The first-order valence-electron chi connectivity index (χ1n) is 10.4. The second kappa shape index (κ2) is 9.85. The number of esters is 1. The minimum atomic E-state index is -0.594. The van der Waals surface area contributed by atoms with Gasteiger partial charge in [0.2, 0.25) is 0 Å². The number of ketones is 1. The molecular formula is C24H27AsN2O4. The summed E-state index contributed by atoms with van der Waals surface area (Å²) in [7, 11) is 0. The van der Waals surface area contributed by atoms with Gasteiger partial charge in [0.25, 0.3) is 0 Å². The number of carbonyl (C=O) groups excluding carboxylic acids is 2. The number of Topliss-reactive ketones (excluding diaryl/α,β-unsaturated/α-hetero) is 1. The number of dihydropyridines is 1. The predicted octanol–water partition coefficient (Wildman–Crippen LogP) is 3.31. The Kier molecular flexibility index (Phi) is 7.41. The number of hydrogen-bond acceptors (Lipinski definition) is 6. The fourth-order valence-electron chi connectivity index (χ4n) is 4.27. The van der Waals surface area contributed by atoms with Gasteiger partial charge < -0.3 is 0 Å². The van der Waals surface area contributed by atoms with Crippen molar-refractivity contribution in [2.24, 2.45) is 5.41 Å². The topological polar surface area (TPSA) is 88.4 Å². The van der Waals surface area contributed by atoms with Crippen molar-refractivity contribution in [3.63, 3.8) is 0 Å². The van der Waals surface area contributed by atoms with E-state index in [2.05, 4.69) is 42.1 Å². The number of benzene rings is 1. The molecule has 1 heterocycles. The summed E-state index contributed by atoms with van der Waals surface area (Å²) in [5, 5.41) is 13.6. The van der Waals surface area contributed by atoms with Crippen LogP contribution in [-0.4, -0.2) is 48.4 Å². The molecule has 1 unspecified atom stereocenters. The van der Waals surface area contributed by atoms with Crippen LogP contribution >= 0.6 is 0 Å². The van der Waals surface area contributed by atoms with Gasteiger partial charge in [-0.3, -0.25) is 0 Å². The van der Waals surface area contributed by atoms with Gasteiger partial charge in [-0.2, -0.15) is 0 Å². The third-order valence-electron chi connectivity index (χ3n) is 5.45. The Morgan fingerprint density at radius 2 is 2.13 bits per heavy atom. The summed E-state index contributed by atoms with van der Waals surface area (Å²) in [5.74, 6) is -1.06. The molecule has 0 saturated heterocycles. The molecule has 1 aliphatic carbocycles. The van der Waals surface area contributed by atoms with Crippen LogP contribution in [0.1, 0.15) is 50.7 Å². The van der Waals surface area contributed by atoms with E-state index in [9.17, 15) is 14.9 Å². The molecule has 2 aliphatic rings. The normalized spacial score (nSPS) is 20.1. The van der Waals surface area contributed by atoms with E-state index < -0.39 is 11.9 Å². The molecule has 1 aliphatic heterocycles. The first-order chi connectivity index (χ1) is 14.8. The van der Waals surface area contributed by atoms with Gasteiger partial charge in [-0.05, 0) is 0 Å². The van der Waals surface area contributed by atoms with E-state index in [4.69, 9.17) is 9.47 Å². The summed E-state index contributed by atoms with van der Waals surface area (Å²) in [4.78, 5) is 26.4. The maximum absolute atomic E-state index is 13.3. The molecule has 31 heavy (non-hydrogen) atoms. The zero-order chi connectivity index (χ0) is 22.6. The molecule has 2 radical (unpaired) electrons. The molecule has 1 atom stereocenters. The summed E-state index contributed by atoms with van der Waals surface area (Å²) in [6, 6.07) is 9.24. The van der Waals surface area contributed by atoms with E-state index in [1.54, 1.807) is 25.1 Å². The molecule has 0 bridgehead atoms. The van der Waals surface area contributed by atoms with Gasteiger partial charge in [-0.25, -0.2) is 0 Å². The van der Waals surface area contributed by atoms with Gasteiger partial charge in [-0.15, -0.1) is 0 Å². The molecular weight excluding hydrogens is 455 g/mol. The molecule has 0 saturated carbocycles. The first-order valence-corrected chi connectivity index (χ1v) is 11.8. The first kappa shape index (κ1) is 23.3. The molecule has 1 aromatic carbocycles. The average Bonchev–Trinajstić information content (AvgIpc) is 2.72. The summed E-state index contributed by atoms with van der Waals surface area (Å²) in [5.41, 5.74) is 3.45. The van der Waals surface area contributed by atoms with Crippen molar-refractivity contribution in [3.05, 3.63) is 57.9 Å².